The highest BCUT2D eigenvalue weighted by Gasteiger charge is 2.25. The van der Waals surface area contributed by atoms with Crippen LogP contribution in [-0.2, 0) is 17.8 Å². The highest BCUT2D eigenvalue weighted by molar-refractivity contribution is 7.15. The number of aromatic nitrogens is 1. The maximum atomic E-state index is 9.39. The molecule has 4 nitrogen and oxygen atoms in total. The Morgan fingerprint density at radius 1 is 1.39 bits per heavy atom. The standard InChI is InChI=1S/C13H22N2O2S/c1-4-5-11-12(8-16)18-13(14-11)15-6-9(2)17-10(3)7-15/h9-10,16H,4-8H2,1-3H3/t9-,10+. The number of ether oxygens (including phenoxy) is 1. The molecule has 2 heterocycles. The van der Waals surface area contributed by atoms with Gasteiger partial charge in [-0.25, -0.2) is 4.98 Å². The summed E-state index contributed by atoms with van der Waals surface area (Å²) in [5, 5.41) is 10.4. The molecule has 1 aromatic heterocycles. The second-order valence-electron chi connectivity index (χ2n) is 4.94. The van der Waals surface area contributed by atoms with Gasteiger partial charge >= 0.3 is 0 Å². The number of aryl methyl sites for hydroxylation is 1. The van der Waals surface area contributed by atoms with Gasteiger partial charge in [0.15, 0.2) is 5.13 Å². The van der Waals surface area contributed by atoms with Crippen molar-refractivity contribution in [2.45, 2.75) is 52.4 Å². The van der Waals surface area contributed by atoms with Crippen molar-refractivity contribution in [1.82, 2.24) is 4.98 Å². The third kappa shape index (κ3) is 3.02. The summed E-state index contributed by atoms with van der Waals surface area (Å²) >= 11 is 1.62. The van der Waals surface area contributed by atoms with Crippen molar-refractivity contribution in [3.63, 3.8) is 0 Å². The second kappa shape index (κ2) is 5.99. The first kappa shape index (κ1) is 13.8. The van der Waals surface area contributed by atoms with Gasteiger partial charge in [-0.2, -0.15) is 0 Å². The van der Waals surface area contributed by atoms with E-state index < -0.39 is 0 Å². The first-order valence-electron chi connectivity index (χ1n) is 6.63. The summed E-state index contributed by atoms with van der Waals surface area (Å²) in [5.41, 5.74) is 1.06. The largest absolute Gasteiger partial charge is 0.391 e. The molecule has 102 valence electrons. The Bertz CT molecular complexity index is 384. The summed E-state index contributed by atoms with van der Waals surface area (Å²) in [4.78, 5) is 7.98. The maximum Gasteiger partial charge on any atom is 0.186 e. The van der Waals surface area contributed by atoms with Crippen molar-refractivity contribution in [3.05, 3.63) is 10.6 Å². The van der Waals surface area contributed by atoms with Crippen LogP contribution in [0.5, 0.6) is 0 Å². The predicted octanol–water partition coefficient (Wildman–Crippen LogP) is 2.20. The van der Waals surface area contributed by atoms with E-state index in [4.69, 9.17) is 9.72 Å². The Hall–Kier alpha value is -0.650. The molecule has 18 heavy (non-hydrogen) atoms. The number of rotatable bonds is 4. The lowest BCUT2D eigenvalue weighted by molar-refractivity contribution is -0.00523. The lowest BCUT2D eigenvalue weighted by atomic mass is 10.2. The fourth-order valence-corrected chi connectivity index (χ4v) is 3.38. The van der Waals surface area contributed by atoms with Crippen LogP contribution in [-0.4, -0.2) is 35.4 Å². The van der Waals surface area contributed by atoms with Crippen LogP contribution in [0, 0.1) is 0 Å². The lowest BCUT2D eigenvalue weighted by Gasteiger charge is -2.35. The van der Waals surface area contributed by atoms with Gasteiger partial charge in [0.1, 0.15) is 0 Å². The Balaban J connectivity index is 2.17. The van der Waals surface area contributed by atoms with Crippen molar-refractivity contribution in [3.8, 4) is 0 Å². The molecule has 0 radical (unpaired) electrons. The van der Waals surface area contributed by atoms with Crippen molar-refractivity contribution in [1.29, 1.82) is 0 Å². The number of thiazole rings is 1. The number of hydrogen-bond donors (Lipinski definition) is 1. The summed E-state index contributed by atoms with van der Waals surface area (Å²) < 4.78 is 5.73. The number of aliphatic hydroxyl groups is 1. The lowest BCUT2D eigenvalue weighted by Crippen LogP contribution is -2.45. The summed E-state index contributed by atoms with van der Waals surface area (Å²) in [6.45, 7) is 8.19. The van der Waals surface area contributed by atoms with Crippen LogP contribution in [0.25, 0.3) is 0 Å². The van der Waals surface area contributed by atoms with Crippen LogP contribution in [0.3, 0.4) is 0 Å². The maximum absolute atomic E-state index is 9.39. The predicted molar refractivity (Wildman–Crippen MR) is 74.3 cm³/mol. The van der Waals surface area contributed by atoms with Crippen molar-refractivity contribution < 1.29 is 9.84 Å². The molecular formula is C13H22N2O2S. The number of morpholine rings is 1. The van der Waals surface area contributed by atoms with E-state index in [0.717, 1.165) is 41.6 Å². The van der Waals surface area contributed by atoms with Gasteiger partial charge in [0.25, 0.3) is 0 Å². The van der Waals surface area contributed by atoms with E-state index >= 15 is 0 Å². The normalized spacial score (nSPS) is 24.6. The minimum Gasteiger partial charge on any atom is -0.391 e. The number of aliphatic hydroxyl groups excluding tert-OH is 1. The van der Waals surface area contributed by atoms with E-state index in [0.29, 0.717) is 0 Å². The van der Waals surface area contributed by atoms with E-state index in [1.165, 1.54) is 0 Å². The highest BCUT2D eigenvalue weighted by atomic mass is 32.1. The van der Waals surface area contributed by atoms with Gasteiger partial charge < -0.3 is 14.7 Å². The first-order valence-corrected chi connectivity index (χ1v) is 7.45. The zero-order valence-electron chi connectivity index (χ0n) is 11.3. The molecule has 1 aliphatic heterocycles. The van der Waals surface area contributed by atoms with Gasteiger partial charge in [-0.3, -0.25) is 0 Å². The molecule has 2 atom stereocenters. The van der Waals surface area contributed by atoms with Crippen LogP contribution in [0.15, 0.2) is 0 Å². The van der Waals surface area contributed by atoms with E-state index in [2.05, 4.69) is 25.7 Å². The molecular weight excluding hydrogens is 248 g/mol. The molecule has 1 aromatic rings. The van der Waals surface area contributed by atoms with Crippen LogP contribution in [0.4, 0.5) is 5.13 Å². The summed E-state index contributed by atoms with van der Waals surface area (Å²) in [5.74, 6) is 0. The molecule has 5 heteroatoms. The van der Waals surface area contributed by atoms with Crippen molar-refractivity contribution >= 4 is 16.5 Å². The van der Waals surface area contributed by atoms with Crippen LogP contribution < -0.4 is 4.90 Å². The van der Waals surface area contributed by atoms with Gasteiger partial charge in [-0.1, -0.05) is 24.7 Å². The fourth-order valence-electron chi connectivity index (χ4n) is 2.39. The van der Waals surface area contributed by atoms with Gasteiger partial charge in [-0.15, -0.1) is 0 Å². The highest BCUT2D eigenvalue weighted by Crippen LogP contribution is 2.29. The molecule has 0 amide bonds. The van der Waals surface area contributed by atoms with Crippen LogP contribution in [0.2, 0.25) is 0 Å². The molecule has 0 aromatic carbocycles. The zero-order valence-corrected chi connectivity index (χ0v) is 12.2. The Morgan fingerprint density at radius 2 is 2.06 bits per heavy atom. The summed E-state index contributed by atoms with van der Waals surface area (Å²) in [6, 6.07) is 0. The monoisotopic (exact) mass is 270 g/mol. The van der Waals surface area contributed by atoms with Crippen LogP contribution >= 0.6 is 11.3 Å². The van der Waals surface area contributed by atoms with Crippen LogP contribution in [0.1, 0.15) is 37.8 Å². The number of hydrogen-bond acceptors (Lipinski definition) is 5. The first-order chi connectivity index (χ1) is 8.63. The Labute approximate surface area is 113 Å². The third-order valence-corrected chi connectivity index (χ3v) is 4.23. The molecule has 0 spiro atoms. The summed E-state index contributed by atoms with van der Waals surface area (Å²) in [6.07, 6.45) is 2.49. The van der Waals surface area contributed by atoms with E-state index in [1.807, 2.05) is 0 Å². The molecule has 1 fully saturated rings. The van der Waals surface area contributed by atoms with Gasteiger partial charge in [0.05, 0.1) is 29.4 Å². The Kier molecular flexibility index (Phi) is 4.59. The third-order valence-electron chi connectivity index (χ3n) is 3.09. The SMILES string of the molecule is CCCc1nc(N2C[C@@H](C)O[C@@H](C)C2)sc1CO. The number of nitrogens with zero attached hydrogens (tertiary/aromatic N) is 2. The topological polar surface area (TPSA) is 45.6 Å². The fraction of sp³-hybridized carbons (Fsp3) is 0.769. The minimum absolute atomic E-state index is 0.0996. The average molecular weight is 270 g/mol. The van der Waals surface area contributed by atoms with E-state index in [-0.39, 0.29) is 18.8 Å². The zero-order chi connectivity index (χ0) is 13.1. The second-order valence-corrected chi connectivity index (χ2v) is 6.00. The smallest absolute Gasteiger partial charge is 0.186 e. The molecule has 2 rings (SSSR count). The quantitative estimate of drug-likeness (QED) is 0.911. The van der Waals surface area contributed by atoms with Gasteiger partial charge in [0.2, 0.25) is 0 Å². The summed E-state index contributed by atoms with van der Waals surface area (Å²) in [7, 11) is 0. The molecule has 1 N–H and O–H groups in total. The van der Waals surface area contributed by atoms with Crippen molar-refractivity contribution in [2.75, 3.05) is 18.0 Å². The molecule has 0 unspecified atom stereocenters. The number of anilines is 1. The molecule has 0 bridgehead atoms. The molecule has 0 aliphatic carbocycles. The average Bonchev–Trinajstić information content (AvgIpc) is 2.71. The Morgan fingerprint density at radius 3 is 2.61 bits per heavy atom. The molecule has 0 saturated carbocycles. The molecule has 1 aliphatic rings. The van der Waals surface area contributed by atoms with Gasteiger partial charge in [-0.05, 0) is 20.3 Å². The van der Waals surface area contributed by atoms with E-state index in [1.54, 1.807) is 11.3 Å². The van der Waals surface area contributed by atoms with Crippen molar-refractivity contribution in [2.24, 2.45) is 0 Å². The van der Waals surface area contributed by atoms with Gasteiger partial charge in [0, 0.05) is 13.1 Å². The van der Waals surface area contributed by atoms with E-state index in [9.17, 15) is 5.11 Å². The minimum atomic E-state index is 0.0996. The molecule has 1 saturated heterocycles.